The van der Waals surface area contributed by atoms with Crippen molar-refractivity contribution >= 4 is 33.9 Å². The number of rotatable bonds is 4. The van der Waals surface area contributed by atoms with Crippen molar-refractivity contribution in [1.82, 2.24) is 14.7 Å². The fourth-order valence-electron chi connectivity index (χ4n) is 5.80. The number of hydrogen-bond donors (Lipinski definition) is 0. The zero-order valence-electron chi connectivity index (χ0n) is 21.0. The molecule has 4 aromatic rings. The monoisotopic (exact) mass is 509 g/mol. The molecule has 0 radical (unpaired) electrons. The summed E-state index contributed by atoms with van der Waals surface area (Å²) in [6, 6.07) is 26.6. The van der Waals surface area contributed by atoms with Crippen LogP contribution >= 0.6 is 11.3 Å². The summed E-state index contributed by atoms with van der Waals surface area (Å²) >= 11 is 1.82. The molecule has 0 N–H and O–H groups in total. The molecule has 188 valence electrons. The van der Waals surface area contributed by atoms with Gasteiger partial charge in [0.05, 0.1) is 12.1 Å². The summed E-state index contributed by atoms with van der Waals surface area (Å²) in [5, 5.41) is 4.37. The van der Waals surface area contributed by atoms with E-state index in [1.165, 1.54) is 16.0 Å². The first-order valence-corrected chi connectivity index (χ1v) is 13.9. The largest absolute Gasteiger partial charge is 0.338 e. The molecule has 3 aromatic carbocycles. The lowest BCUT2D eigenvalue weighted by Gasteiger charge is -2.42. The van der Waals surface area contributed by atoms with Crippen LogP contribution in [-0.4, -0.2) is 65.3 Å². The zero-order chi connectivity index (χ0) is 25.4. The summed E-state index contributed by atoms with van der Waals surface area (Å²) in [6.45, 7) is 5.15. The summed E-state index contributed by atoms with van der Waals surface area (Å²) in [7, 11) is 0. The molecule has 0 saturated carbocycles. The van der Waals surface area contributed by atoms with Crippen molar-refractivity contribution in [2.24, 2.45) is 0 Å². The van der Waals surface area contributed by atoms with Crippen molar-refractivity contribution in [3.63, 3.8) is 0 Å². The van der Waals surface area contributed by atoms with Gasteiger partial charge in [0.2, 0.25) is 5.91 Å². The number of benzene rings is 3. The summed E-state index contributed by atoms with van der Waals surface area (Å²) < 4.78 is 0. The summed E-state index contributed by atoms with van der Waals surface area (Å²) in [5.41, 5.74) is 3.26. The maximum atomic E-state index is 13.7. The molecule has 1 aromatic heterocycles. The number of nitrogens with zero attached hydrogens (tertiary/aromatic N) is 3. The van der Waals surface area contributed by atoms with Crippen LogP contribution in [0, 0.1) is 0 Å². The number of carbonyl (C=O) groups is 2. The molecule has 0 spiro atoms. The van der Waals surface area contributed by atoms with Crippen molar-refractivity contribution in [1.29, 1.82) is 0 Å². The average Bonchev–Trinajstić information content (AvgIpc) is 3.45. The van der Waals surface area contributed by atoms with Crippen molar-refractivity contribution in [3.05, 3.63) is 106 Å². The molecular formula is C31H31N3O2S. The molecule has 2 aliphatic rings. The Morgan fingerprint density at radius 2 is 1.51 bits per heavy atom. The summed E-state index contributed by atoms with van der Waals surface area (Å²) in [6.07, 6.45) is 0.974. The van der Waals surface area contributed by atoms with Gasteiger partial charge in [0.25, 0.3) is 5.91 Å². The van der Waals surface area contributed by atoms with Gasteiger partial charge >= 0.3 is 0 Å². The maximum absolute atomic E-state index is 13.7. The summed E-state index contributed by atoms with van der Waals surface area (Å²) in [5.74, 6) is 0.188. The lowest BCUT2D eigenvalue weighted by molar-refractivity contribution is -0.138. The summed E-state index contributed by atoms with van der Waals surface area (Å²) in [4.78, 5) is 34.5. The molecule has 1 fully saturated rings. The number of piperazine rings is 1. The van der Waals surface area contributed by atoms with Gasteiger partial charge in [-0.3, -0.25) is 14.5 Å². The van der Waals surface area contributed by atoms with Crippen LogP contribution in [0.5, 0.6) is 0 Å². The second-order valence-corrected chi connectivity index (χ2v) is 11.0. The molecule has 3 heterocycles. The lowest BCUT2D eigenvalue weighted by atomic mass is 9.92. The molecule has 5 nitrogen and oxygen atoms in total. The third-order valence-corrected chi connectivity index (χ3v) is 8.84. The quantitative estimate of drug-likeness (QED) is 0.379. The van der Waals surface area contributed by atoms with E-state index in [0.717, 1.165) is 23.7 Å². The second-order valence-electron chi connectivity index (χ2n) is 9.96. The third-order valence-electron chi connectivity index (χ3n) is 7.85. The van der Waals surface area contributed by atoms with Gasteiger partial charge in [-0.2, -0.15) is 0 Å². The molecule has 2 aliphatic heterocycles. The van der Waals surface area contributed by atoms with E-state index in [2.05, 4.69) is 46.7 Å². The first-order chi connectivity index (χ1) is 18.1. The predicted octanol–water partition coefficient (Wildman–Crippen LogP) is 5.22. The molecule has 0 aliphatic carbocycles. The highest BCUT2D eigenvalue weighted by Gasteiger charge is 2.37. The zero-order valence-corrected chi connectivity index (χ0v) is 21.9. The second kappa shape index (κ2) is 10.1. The standard InChI is InChI=1S/C31H31N3O2S/c1-22(34-15-13-28-27(14-20-37-28)29(34)24-8-3-2-4-9-24)30(35)32-16-18-33(19-17-32)31(36)26-12-11-23-7-5-6-10-25(23)21-26/h2-12,14,20-22,29H,13,15-19H2,1H3/t22-,29+/m1/s1. The predicted molar refractivity (Wildman–Crippen MR) is 149 cm³/mol. The van der Waals surface area contributed by atoms with Gasteiger partial charge in [-0.1, -0.05) is 60.7 Å². The minimum absolute atomic E-state index is 0.0380. The van der Waals surface area contributed by atoms with E-state index in [1.807, 2.05) is 70.5 Å². The number of amides is 2. The van der Waals surface area contributed by atoms with E-state index in [1.54, 1.807) is 0 Å². The molecule has 0 unspecified atom stereocenters. The number of fused-ring (bicyclic) bond motifs is 2. The Morgan fingerprint density at radius 3 is 2.30 bits per heavy atom. The highest BCUT2D eigenvalue weighted by Crippen LogP contribution is 2.39. The molecule has 1 saturated heterocycles. The first-order valence-electron chi connectivity index (χ1n) is 13.0. The number of hydrogen-bond acceptors (Lipinski definition) is 4. The Bertz CT molecular complexity index is 1420. The van der Waals surface area contributed by atoms with Crippen molar-refractivity contribution in [2.75, 3.05) is 32.7 Å². The fourth-order valence-corrected chi connectivity index (χ4v) is 6.70. The van der Waals surface area contributed by atoms with Crippen LogP contribution in [0.3, 0.4) is 0 Å². The van der Waals surface area contributed by atoms with Gasteiger partial charge < -0.3 is 9.80 Å². The van der Waals surface area contributed by atoms with Gasteiger partial charge in [0.15, 0.2) is 0 Å². The van der Waals surface area contributed by atoms with Crippen LogP contribution in [0.4, 0.5) is 0 Å². The van der Waals surface area contributed by atoms with Gasteiger partial charge in [0.1, 0.15) is 0 Å². The minimum Gasteiger partial charge on any atom is -0.338 e. The minimum atomic E-state index is -0.235. The van der Waals surface area contributed by atoms with Gasteiger partial charge in [-0.15, -0.1) is 11.3 Å². The van der Waals surface area contributed by atoms with E-state index in [0.29, 0.717) is 31.7 Å². The van der Waals surface area contributed by atoms with Crippen LogP contribution < -0.4 is 0 Å². The smallest absolute Gasteiger partial charge is 0.253 e. The van der Waals surface area contributed by atoms with E-state index in [9.17, 15) is 9.59 Å². The van der Waals surface area contributed by atoms with Crippen LogP contribution in [0.25, 0.3) is 10.8 Å². The molecular weight excluding hydrogens is 478 g/mol. The van der Waals surface area contributed by atoms with Crippen LogP contribution in [0.1, 0.15) is 39.3 Å². The molecule has 2 atom stereocenters. The molecule has 0 bridgehead atoms. The first kappa shape index (κ1) is 23.9. The molecule has 6 heteroatoms. The highest BCUT2D eigenvalue weighted by molar-refractivity contribution is 7.10. The van der Waals surface area contributed by atoms with Crippen LogP contribution in [-0.2, 0) is 11.2 Å². The number of carbonyl (C=O) groups excluding carboxylic acids is 2. The fraction of sp³-hybridized carbons (Fsp3) is 0.290. The van der Waals surface area contributed by atoms with E-state index in [4.69, 9.17) is 0 Å². The Labute approximate surface area is 221 Å². The Morgan fingerprint density at radius 1 is 0.811 bits per heavy atom. The van der Waals surface area contributed by atoms with Crippen molar-refractivity contribution in [2.45, 2.75) is 25.4 Å². The Hall–Kier alpha value is -3.48. The third kappa shape index (κ3) is 4.56. The van der Waals surface area contributed by atoms with E-state index in [-0.39, 0.29) is 23.9 Å². The average molecular weight is 510 g/mol. The normalized spacial score (nSPS) is 19.0. The van der Waals surface area contributed by atoms with Gasteiger partial charge in [-0.25, -0.2) is 0 Å². The lowest BCUT2D eigenvalue weighted by Crippen LogP contribution is -2.56. The Kier molecular flexibility index (Phi) is 6.53. The number of thiophene rings is 1. The van der Waals surface area contributed by atoms with E-state index >= 15 is 0 Å². The Balaban J connectivity index is 1.14. The van der Waals surface area contributed by atoms with Crippen LogP contribution in [0.15, 0.2) is 84.2 Å². The molecule has 2 amide bonds. The van der Waals surface area contributed by atoms with Crippen LogP contribution in [0.2, 0.25) is 0 Å². The molecule has 6 rings (SSSR count). The van der Waals surface area contributed by atoms with E-state index < -0.39 is 0 Å². The van der Waals surface area contributed by atoms with Crippen molar-refractivity contribution < 1.29 is 9.59 Å². The SMILES string of the molecule is C[C@H](C(=O)N1CCN(C(=O)c2ccc3ccccc3c2)CC1)N1CCc2sccc2[C@@H]1c1ccccc1. The highest BCUT2D eigenvalue weighted by atomic mass is 32.1. The van der Waals surface area contributed by atoms with Gasteiger partial charge in [0, 0.05) is 43.2 Å². The topological polar surface area (TPSA) is 43.9 Å². The van der Waals surface area contributed by atoms with Gasteiger partial charge in [-0.05, 0) is 58.8 Å². The molecule has 37 heavy (non-hydrogen) atoms. The maximum Gasteiger partial charge on any atom is 0.253 e. The van der Waals surface area contributed by atoms with Crippen molar-refractivity contribution in [3.8, 4) is 0 Å².